The Balaban J connectivity index is 1.86. The summed E-state index contributed by atoms with van der Waals surface area (Å²) in [5.41, 5.74) is 2.77. The van der Waals surface area contributed by atoms with Crippen molar-refractivity contribution < 1.29 is 4.79 Å². The van der Waals surface area contributed by atoms with Crippen LogP contribution in [-0.2, 0) is 0 Å². The highest BCUT2D eigenvalue weighted by molar-refractivity contribution is 6.04. The molecule has 2 aromatic heterocycles. The molecule has 0 saturated heterocycles. The van der Waals surface area contributed by atoms with E-state index in [1.54, 1.807) is 30.6 Å². The molecule has 0 aliphatic rings. The molecular weight excluding hydrogens is 254 g/mol. The summed E-state index contributed by atoms with van der Waals surface area (Å²) in [6, 6.07) is 10.3. The first kappa shape index (κ1) is 11.9. The number of H-pyrrole nitrogens is 1. The van der Waals surface area contributed by atoms with Crippen LogP contribution < -0.4 is 5.32 Å². The van der Waals surface area contributed by atoms with E-state index < -0.39 is 0 Å². The maximum Gasteiger partial charge on any atom is 0.255 e. The molecule has 0 aliphatic heterocycles. The van der Waals surface area contributed by atoms with Crippen molar-refractivity contribution in [2.24, 2.45) is 0 Å². The predicted molar refractivity (Wildman–Crippen MR) is 73.0 cm³/mol. The molecule has 0 bridgehead atoms. The number of carbonyl (C=O) groups excluding carboxylic acids is 1. The number of benzene rings is 1. The predicted octanol–water partition coefficient (Wildman–Crippen LogP) is 2.08. The summed E-state index contributed by atoms with van der Waals surface area (Å²) >= 11 is 0. The number of rotatable bonds is 2. The number of aromatic amines is 1. The van der Waals surface area contributed by atoms with Gasteiger partial charge in [-0.2, -0.15) is 5.26 Å². The summed E-state index contributed by atoms with van der Waals surface area (Å²) in [5, 5.41) is 11.6. The minimum atomic E-state index is -0.289. The average Bonchev–Trinajstić information content (AvgIpc) is 2.95. The van der Waals surface area contributed by atoms with Gasteiger partial charge >= 0.3 is 0 Å². The van der Waals surface area contributed by atoms with Gasteiger partial charge in [-0.1, -0.05) is 6.07 Å². The minimum Gasteiger partial charge on any atom is -0.343 e. The van der Waals surface area contributed by atoms with Crippen LogP contribution in [0, 0.1) is 11.3 Å². The fourth-order valence-electron chi connectivity index (χ4n) is 1.83. The Morgan fingerprint density at radius 2 is 2.20 bits per heavy atom. The lowest BCUT2D eigenvalue weighted by atomic mass is 10.1. The second kappa shape index (κ2) is 4.82. The van der Waals surface area contributed by atoms with Crippen LogP contribution in [0.4, 0.5) is 5.69 Å². The van der Waals surface area contributed by atoms with Gasteiger partial charge < -0.3 is 10.3 Å². The molecule has 0 fully saturated rings. The van der Waals surface area contributed by atoms with E-state index >= 15 is 0 Å². The van der Waals surface area contributed by atoms with Gasteiger partial charge in [0.05, 0.1) is 35.4 Å². The Morgan fingerprint density at radius 3 is 3.05 bits per heavy atom. The van der Waals surface area contributed by atoms with Crippen LogP contribution in [0.3, 0.4) is 0 Å². The molecule has 96 valence electrons. The smallest absolute Gasteiger partial charge is 0.255 e. The zero-order valence-corrected chi connectivity index (χ0v) is 10.3. The molecule has 6 nitrogen and oxygen atoms in total. The van der Waals surface area contributed by atoms with Crippen molar-refractivity contribution in [3.63, 3.8) is 0 Å². The topological polar surface area (TPSA) is 94.5 Å². The number of amides is 1. The molecule has 0 atom stereocenters. The number of nitrogens with one attached hydrogen (secondary N) is 2. The van der Waals surface area contributed by atoms with Gasteiger partial charge in [0.1, 0.15) is 0 Å². The minimum absolute atomic E-state index is 0.289. The lowest BCUT2D eigenvalue weighted by Crippen LogP contribution is -2.12. The van der Waals surface area contributed by atoms with Gasteiger partial charge in [-0.25, -0.2) is 9.97 Å². The first-order valence-corrected chi connectivity index (χ1v) is 5.87. The van der Waals surface area contributed by atoms with Gasteiger partial charge in [0.2, 0.25) is 0 Å². The highest BCUT2D eigenvalue weighted by Crippen LogP contribution is 2.14. The van der Waals surface area contributed by atoms with Crippen molar-refractivity contribution in [3.8, 4) is 6.07 Å². The van der Waals surface area contributed by atoms with Crippen LogP contribution >= 0.6 is 0 Å². The number of aromatic nitrogens is 3. The lowest BCUT2D eigenvalue weighted by molar-refractivity contribution is 0.102. The molecule has 6 heteroatoms. The van der Waals surface area contributed by atoms with Crippen molar-refractivity contribution in [2.45, 2.75) is 0 Å². The highest BCUT2D eigenvalue weighted by Gasteiger charge is 2.08. The molecular formula is C14H9N5O. The fourth-order valence-corrected chi connectivity index (χ4v) is 1.83. The van der Waals surface area contributed by atoms with Crippen molar-refractivity contribution in [1.29, 1.82) is 5.26 Å². The van der Waals surface area contributed by atoms with E-state index in [9.17, 15) is 4.79 Å². The molecule has 0 radical (unpaired) electrons. The summed E-state index contributed by atoms with van der Waals surface area (Å²) in [4.78, 5) is 23.1. The first-order chi connectivity index (χ1) is 9.76. The summed E-state index contributed by atoms with van der Waals surface area (Å²) in [6.07, 6.45) is 3.08. The molecule has 0 unspecified atom stereocenters. The number of nitriles is 1. The SMILES string of the molecule is N#Cc1cccc(C(=O)Nc2cnc3nc[nH]c3c2)c1. The number of fused-ring (bicyclic) bond motifs is 1. The quantitative estimate of drug-likeness (QED) is 0.740. The molecule has 0 spiro atoms. The second-order valence-corrected chi connectivity index (χ2v) is 4.14. The molecule has 3 aromatic rings. The Hall–Kier alpha value is -3.20. The summed E-state index contributed by atoms with van der Waals surface area (Å²) < 4.78 is 0. The monoisotopic (exact) mass is 263 g/mol. The average molecular weight is 263 g/mol. The van der Waals surface area contributed by atoms with Crippen molar-refractivity contribution in [2.75, 3.05) is 5.32 Å². The third kappa shape index (κ3) is 2.20. The standard InChI is InChI=1S/C14H9N5O/c15-6-9-2-1-3-10(4-9)14(20)19-11-5-12-13(16-7-11)18-8-17-12/h1-5,7-8H,(H,19,20)(H,16,17,18). The number of carbonyl (C=O) groups is 1. The molecule has 1 aromatic carbocycles. The van der Waals surface area contributed by atoms with Crippen molar-refractivity contribution in [1.82, 2.24) is 15.0 Å². The van der Waals surface area contributed by atoms with Crippen LogP contribution in [0.5, 0.6) is 0 Å². The maximum absolute atomic E-state index is 12.1. The fraction of sp³-hybridized carbons (Fsp3) is 0. The van der Waals surface area contributed by atoms with Crippen LogP contribution in [0.1, 0.15) is 15.9 Å². The Labute approximate surface area is 114 Å². The van der Waals surface area contributed by atoms with Gasteiger partial charge in [0, 0.05) is 5.56 Å². The van der Waals surface area contributed by atoms with E-state index in [2.05, 4.69) is 20.3 Å². The van der Waals surface area contributed by atoms with E-state index in [0.29, 0.717) is 22.5 Å². The van der Waals surface area contributed by atoms with Gasteiger partial charge in [-0.3, -0.25) is 4.79 Å². The van der Waals surface area contributed by atoms with Gasteiger partial charge in [-0.15, -0.1) is 0 Å². The third-order valence-corrected chi connectivity index (χ3v) is 2.79. The largest absolute Gasteiger partial charge is 0.343 e. The van der Waals surface area contributed by atoms with Gasteiger partial charge in [0.25, 0.3) is 5.91 Å². The van der Waals surface area contributed by atoms with E-state index in [0.717, 1.165) is 5.52 Å². The zero-order chi connectivity index (χ0) is 13.9. The molecule has 0 aliphatic carbocycles. The molecule has 3 rings (SSSR count). The van der Waals surface area contributed by atoms with Gasteiger partial charge in [0.15, 0.2) is 5.65 Å². The van der Waals surface area contributed by atoms with Crippen LogP contribution in [0.25, 0.3) is 11.2 Å². The number of hydrogen-bond acceptors (Lipinski definition) is 4. The van der Waals surface area contributed by atoms with Gasteiger partial charge in [-0.05, 0) is 24.3 Å². The molecule has 2 heterocycles. The van der Waals surface area contributed by atoms with E-state index in [1.807, 2.05) is 6.07 Å². The van der Waals surface area contributed by atoms with E-state index in [1.165, 1.54) is 12.3 Å². The number of imidazole rings is 1. The Morgan fingerprint density at radius 1 is 1.30 bits per heavy atom. The molecule has 20 heavy (non-hydrogen) atoms. The molecule has 2 N–H and O–H groups in total. The summed E-state index contributed by atoms with van der Waals surface area (Å²) in [7, 11) is 0. The number of anilines is 1. The van der Waals surface area contributed by atoms with E-state index in [4.69, 9.17) is 5.26 Å². The maximum atomic E-state index is 12.1. The van der Waals surface area contributed by atoms with E-state index in [-0.39, 0.29) is 5.91 Å². The second-order valence-electron chi connectivity index (χ2n) is 4.14. The highest BCUT2D eigenvalue weighted by atomic mass is 16.1. The number of hydrogen-bond donors (Lipinski definition) is 2. The lowest BCUT2D eigenvalue weighted by Gasteiger charge is -2.05. The van der Waals surface area contributed by atoms with Crippen molar-refractivity contribution in [3.05, 3.63) is 54.0 Å². The number of pyridine rings is 1. The Bertz CT molecular complexity index is 831. The van der Waals surface area contributed by atoms with Crippen molar-refractivity contribution >= 4 is 22.8 Å². The first-order valence-electron chi connectivity index (χ1n) is 5.87. The van der Waals surface area contributed by atoms with Crippen LogP contribution in [-0.4, -0.2) is 20.9 Å². The summed E-state index contributed by atoms with van der Waals surface area (Å²) in [6.45, 7) is 0. The number of nitrogens with zero attached hydrogens (tertiary/aromatic N) is 3. The van der Waals surface area contributed by atoms with Crippen LogP contribution in [0.15, 0.2) is 42.9 Å². The zero-order valence-electron chi connectivity index (χ0n) is 10.3. The molecule has 1 amide bonds. The third-order valence-electron chi connectivity index (χ3n) is 2.79. The normalized spacial score (nSPS) is 10.2. The Kier molecular flexibility index (Phi) is 2.86. The van der Waals surface area contributed by atoms with Crippen LogP contribution in [0.2, 0.25) is 0 Å². The summed E-state index contributed by atoms with van der Waals surface area (Å²) in [5.74, 6) is -0.289. The molecule has 0 saturated carbocycles.